The van der Waals surface area contributed by atoms with Crippen molar-refractivity contribution in [3.8, 4) is 0 Å². The molecule has 0 aliphatic heterocycles. The molecular formula is C10H9ClFNO3S. The third kappa shape index (κ3) is 2.95. The van der Waals surface area contributed by atoms with Gasteiger partial charge < -0.3 is 5.32 Å². The van der Waals surface area contributed by atoms with Crippen molar-refractivity contribution in [1.82, 2.24) is 5.32 Å². The highest BCUT2D eigenvalue weighted by atomic mass is 35.7. The van der Waals surface area contributed by atoms with E-state index in [0.29, 0.717) is 0 Å². The Morgan fingerprint density at radius 2 is 2.06 bits per heavy atom. The zero-order valence-corrected chi connectivity index (χ0v) is 10.2. The zero-order valence-electron chi connectivity index (χ0n) is 8.61. The summed E-state index contributed by atoms with van der Waals surface area (Å²) in [6.45, 7) is 0. The van der Waals surface area contributed by atoms with E-state index < -0.39 is 20.8 Å². The molecule has 7 heteroatoms. The van der Waals surface area contributed by atoms with Gasteiger partial charge in [-0.2, -0.15) is 0 Å². The number of hydrogen-bond acceptors (Lipinski definition) is 3. The molecule has 1 aromatic carbocycles. The molecule has 1 saturated carbocycles. The average molecular weight is 278 g/mol. The maximum Gasteiger partial charge on any atom is 0.261 e. The van der Waals surface area contributed by atoms with Gasteiger partial charge in [0.15, 0.2) is 0 Å². The Balaban J connectivity index is 2.27. The summed E-state index contributed by atoms with van der Waals surface area (Å²) in [5.74, 6) is -1.44. The first-order valence-corrected chi connectivity index (χ1v) is 7.24. The Morgan fingerprint density at radius 1 is 1.41 bits per heavy atom. The summed E-state index contributed by atoms with van der Waals surface area (Å²) >= 11 is 0. The molecule has 0 atom stereocenters. The Labute approximate surface area is 102 Å². The van der Waals surface area contributed by atoms with E-state index in [1.54, 1.807) is 0 Å². The molecule has 0 spiro atoms. The minimum atomic E-state index is -3.98. The topological polar surface area (TPSA) is 63.2 Å². The van der Waals surface area contributed by atoms with Crippen molar-refractivity contribution in [1.29, 1.82) is 0 Å². The van der Waals surface area contributed by atoms with Crippen molar-refractivity contribution < 1.29 is 17.6 Å². The predicted molar refractivity (Wildman–Crippen MR) is 59.9 cm³/mol. The van der Waals surface area contributed by atoms with Crippen LogP contribution in [0.3, 0.4) is 0 Å². The largest absolute Gasteiger partial charge is 0.349 e. The monoisotopic (exact) mass is 277 g/mol. The van der Waals surface area contributed by atoms with E-state index in [2.05, 4.69) is 5.32 Å². The van der Waals surface area contributed by atoms with Crippen molar-refractivity contribution in [2.75, 3.05) is 0 Å². The van der Waals surface area contributed by atoms with E-state index in [9.17, 15) is 17.6 Å². The summed E-state index contributed by atoms with van der Waals surface area (Å²) in [5.41, 5.74) is -0.180. The maximum absolute atomic E-state index is 13.5. The molecule has 0 bridgehead atoms. The quantitative estimate of drug-likeness (QED) is 0.855. The second-order valence-electron chi connectivity index (χ2n) is 3.83. The molecule has 0 unspecified atom stereocenters. The average Bonchev–Trinajstić information content (AvgIpc) is 2.99. The predicted octanol–water partition coefficient (Wildman–Crippen LogP) is 1.65. The normalized spacial score (nSPS) is 15.6. The van der Waals surface area contributed by atoms with E-state index in [4.69, 9.17) is 10.7 Å². The number of nitrogens with one attached hydrogen (secondary N) is 1. The summed E-state index contributed by atoms with van der Waals surface area (Å²) in [6.07, 6.45) is 1.78. The summed E-state index contributed by atoms with van der Waals surface area (Å²) < 4.78 is 35.4. The van der Waals surface area contributed by atoms with Crippen LogP contribution in [-0.4, -0.2) is 20.4 Å². The molecule has 1 fully saturated rings. The molecule has 2 rings (SSSR count). The van der Waals surface area contributed by atoms with E-state index in [0.717, 1.165) is 31.0 Å². The highest BCUT2D eigenvalue weighted by Gasteiger charge is 2.25. The van der Waals surface area contributed by atoms with Crippen LogP contribution in [0.2, 0.25) is 0 Å². The van der Waals surface area contributed by atoms with Crippen LogP contribution in [0.15, 0.2) is 23.1 Å². The van der Waals surface area contributed by atoms with Crippen molar-refractivity contribution in [3.63, 3.8) is 0 Å². The lowest BCUT2D eigenvalue weighted by molar-refractivity contribution is 0.0947. The van der Waals surface area contributed by atoms with Gasteiger partial charge in [0.05, 0.1) is 10.5 Å². The van der Waals surface area contributed by atoms with Gasteiger partial charge in [-0.25, -0.2) is 12.8 Å². The molecule has 1 aromatic rings. The van der Waals surface area contributed by atoms with Gasteiger partial charge in [-0.3, -0.25) is 4.79 Å². The SMILES string of the molecule is O=C(NC1CC1)c1ccc(S(=O)(=O)Cl)cc1F. The molecule has 4 nitrogen and oxygen atoms in total. The molecule has 1 aliphatic rings. The van der Waals surface area contributed by atoms with Gasteiger partial charge in [-0.15, -0.1) is 0 Å². The van der Waals surface area contributed by atoms with Crippen LogP contribution in [0, 0.1) is 5.82 Å². The zero-order chi connectivity index (χ0) is 12.6. The minimum Gasteiger partial charge on any atom is -0.349 e. The van der Waals surface area contributed by atoms with Gasteiger partial charge in [0, 0.05) is 16.7 Å². The van der Waals surface area contributed by atoms with Gasteiger partial charge in [-0.05, 0) is 31.0 Å². The first kappa shape index (κ1) is 12.3. The molecule has 0 aromatic heterocycles. The molecule has 17 heavy (non-hydrogen) atoms. The molecule has 1 aliphatic carbocycles. The van der Waals surface area contributed by atoms with E-state index in [1.807, 2.05) is 0 Å². The summed E-state index contributed by atoms with van der Waals surface area (Å²) in [5, 5.41) is 2.61. The van der Waals surface area contributed by atoms with Crippen LogP contribution >= 0.6 is 10.7 Å². The van der Waals surface area contributed by atoms with Crippen LogP contribution < -0.4 is 5.32 Å². The van der Waals surface area contributed by atoms with Gasteiger partial charge in [0.25, 0.3) is 15.0 Å². The van der Waals surface area contributed by atoms with Crippen molar-refractivity contribution >= 4 is 25.6 Å². The first-order valence-electron chi connectivity index (χ1n) is 4.93. The van der Waals surface area contributed by atoms with Gasteiger partial charge in [0.2, 0.25) is 0 Å². The first-order chi connectivity index (χ1) is 7.88. The fraction of sp³-hybridized carbons (Fsp3) is 0.300. The number of carbonyl (C=O) groups is 1. The van der Waals surface area contributed by atoms with Crippen LogP contribution in [0.1, 0.15) is 23.2 Å². The number of halogens is 2. The fourth-order valence-electron chi connectivity index (χ4n) is 1.32. The molecular weight excluding hydrogens is 269 g/mol. The lowest BCUT2D eigenvalue weighted by Crippen LogP contribution is -2.26. The van der Waals surface area contributed by atoms with Gasteiger partial charge in [-0.1, -0.05) is 0 Å². The van der Waals surface area contributed by atoms with E-state index in [1.165, 1.54) is 0 Å². The Hall–Kier alpha value is -1.14. The summed E-state index contributed by atoms with van der Waals surface area (Å²) in [6, 6.07) is 3.07. The molecule has 1 N–H and O–H groups in total. The van der Waals surface area contributed by atoms with Gasteiger partial charge >= 0.3 is 0 Å². The second kappa shape index (κ2) is 4.27. The molecule has 0 radical (unpaired) electrons. The number of benzene rings is 1. The van der Waals surface area contributed by atoms with Crippen molar-refractivity contribution in [3.05, 3.63) is 29.6 Å². The van der Waals surface area contributed by atoms with Crippen molar-refractivity contribution in [2.45, 2.75) is 23.8 Å². The van der Waals surface area contributed by atoms with Crippen LogP contribution in [0.5, 0.6) is 0 Å². The number of hydrogen-bond donors (Lipinski definition) is 1. The lowest BCUT2D eigenvalue weighted by atomic mass is 10.2. The van der Waals surface area contributed by atoms with E-state index in [-0.39, 0.29) is 16.5 Å². The van der Waals surface area contributed by atoms with E-state index >= 15 is 0 Å². The molecule has 1 amide bonds. The van der Waals surface area contributed by atoms with Crippen LogP contribution in [-0.2, 0) is 9.05 Å². The number of carbonyl (C=O) groups excluding carboxylic acids is 1. The number of amides is 1. The lowest BCUT2D eigenvalue weighted by Gasteiger charge is -2.05. The van der Waals surface area contributed by atoms with Gasteiger partial charge in [0.1, 0.15) is 5.82 Å². The molecule has 0 saturated heterocycles. The second-order valence-corrected chi connectivity index (χ2v) is 6.39. The third-order valence-electron chi connectivity index (χ3n) is 2.38. The number of rotatable bonds is 3. The van der Waals surface area contributed by atoms with Crippen LogP contribution in [0.25, 0.3) is 0 Å². The Bertz CT molecular complexity index is 569. The smallest absolute Gasteiger partial charge is 0.261 e. The molecule has 92 valence electrons. The maximum atomic E-state index is 13.5. The summed E-state index contributed by atoms with van der Waals surface area (Å²) in [7, 11) is 1.08. The Morgan fingerprint density at radius 3 is 2.53 bits per heavy atom. The summed E-state index contributed by atoms with van der Waals surface area (Å²) in [4.78, 5) is 11.2. The third-order valence-corrected chi connectivity index (χ3v) is 3.73. The Kier molecular flexibility index (Phi) is 3.09. The highest BCUT2D eigenvalue weighted by Crippen LogP contribution is 2.21. The molecule has 0 heterocycles. The fourth-order valence-corrected chi connectivity index (χ4v) is 2.09. The highest BCUT2D eigenvalue weighted by molar-refractivity contribution is 8.13. The standard InChI is InChI=1S/C10H9ClFNO3S/c11-17(15,16)7-3-4-8(9(12)5-7)10(14)13-6-1-2-6/h3-6H,1-2H2,(H,13,14). The minimum absolute atomic E-state index is 0.110. The van der Waals surface area contributed by atoms with Crippen LogP contribution in [0.4, 0.5) is 4.39 Å². The van der Waals surface area contributed by atoms with Crippen molar-refractivity contribution in [2.24, 2.45) is 0 Å².